The predicted molar refractivity (Wildman–Crippen MR) is 67.4 cm³/mol. The maximum atomic E-state index is 5.66. The van der Waals surface area contributed by atoms with Crippen LogP contribution in [0, 0.1) is 6.92 Å². The molecular formula is C13H21N3O2. The zero-order valence-electron chi connectivity index (χ0n) is 10.9. The molecular weight excluding hydrogens is 230 g/mol. The summed E-state index contributed by atoms with van der Waals surface area (Å²) in [5, 5.41) is 7.29. The maximum absolute atomic E-state index is 5.66. The quantitative estimate of drug-likeness (QED) is 0.860. The summed E-state index contributed by atoms with van der Waals surface area (Å²) < 4.78 is 11.1. The summed E-state index contributed by atoms with van der Waals surface area (Å²) >= 11 is 0. The highest BCUT2D eigenvalue weighted by molar-refractivity contribution is 5.19. The maximum Gasteiger partial charge on any atom is 0.0757 e. The van der Waals surface area contributed by atoms with Gasteiger partial charge >= 0.3 is 0 Å². The fourth-order valence-electron chi connectivity index (χ4n) is 3.01. The smallest absolute Gasteiger partial charge is 0.0757 e. The molecule has 0 bridgehead atoms. The Bertz CT molecular complexity index is 387. The number of H-pyrrole nitrogens is 1. The van der Waals surface area contributed by atoms with Crippen LogP contribution in [0.3, 0.4) is 0 Å². The van der Waals surface area contributed by atoms with Gasteiger partial charge in [0.15, 0.2) is 0 Å². The van der Waals surface area contributed by atoms with Crippen LogP contribution in [0.1, 0.15) is 30.1 Å². The van der Waals surface area contributed by atoms with Crippen molar-refractivity contribution in [2.75, 3.05) is 33.0 Å². The Kier molecular flexibility index (Phi) is 3.63. The SMILES string of the molecule is Cc1cn[nH]c1[C@@H]1COCCN1C1CCOCC1. The van der Waals surface area contributed by atoms with Crippen molar-refractivity contribution >= 4 is 0 Å². The van der Waals surface area contributed by atoms with Gasteiger partial charge in [-0.1, -0.05) is 0 Å². The molecule has 2 aliphatic heterocycles. The highest BCUT2D eigenvalue weighted by Crippen LogP contribution is 2.29. The van der Waals surface area contributed by atoms with E-state index in [1.807, 2.05) is 6.20 Å². The molecule has 18 heavy (non-hydrogen) atoms. The predicted octanol–water partition coefficient (Wildman–Crippen LogP) is 1.27. The molecule has 1 aromatic rings. The minimum absolute atomic E-state index is 0.323. The molecule has 0 amide bonds. The summed E-state index contributed by atoms with van der Waals surface area (Å²) in [6.45, 7) is 6.48. The molecule has 3 heterocycles. The summed E-state index contributed by atoms with van der Waals surface area (Å²) in [4.78, 5) is 2.58. The number of rotatable bonds is 2. The number of morpholine rings is 1. The lowest BCUT2D eigenvalue weighted by Gasteiger charge is -2.42. The zero-order valence-corrected chi connectivity index (χ0v) is 10.9. The van der Waals surface area contributed by atoms with Gasteiger partial charge in [0.25, 0.3) is 0 Å². The monoisotopic (exact) mass is 251 g/mol. The van der Waals surface area contributed by atoms with Crippen LogP contribution in [0.5, 0.6) is 0 Å². The highest BCUT2D eigenvalue weighted by Gasteiger charge is 2.32. The molecule has 1 N–H and O–H groups in total. The van der Waals surface area contributed by atoms with Gasteiger partial charge in [-0.15, -0.1) is 0 Å². The average Bonchev–Trinajstić information content (AvgIpc) is 2.86. The Hall–Kier alpha value is -0.910. The number of nitrogens with one attached hydrogen (secondary N) is 1. The fourth-order valence-corrected chi connectivity index (χ4v) is 3.01. The second-order valence-corrected chi connectivity index (χ2v) is 5.14. The van der Waals surface area contributed by atoms with Gasteiger partial charge in [-0.25, -0.2) is 0 Å². The Morgan fingerprint density at radius 1 is 1.28 bits per heavy atom. The third-order valence-electron chi connectivity index (χ3n) is 4.03. The van der Waals surface area contributed by atoms with Gasteiger partial charge in [0.2, 0.25) is 0 Å². The molecule has 100 valence electrons. The summed E-state index contributed by atoms with van der Waals surface area (Å²) in [5.41, 5.74) is 2.43. The van der Waals surface area contributed by atoms with E-state index in [4.69, 9.17) is 9.47 Å². The molecule has 0 aromatic carbocycles. The van der Waals surface area contributed by atoms with Crippen molar-refractivity contribution < 1.29 is 9.47 Å². The Labute approximate surface area is 107 Å². The second-order valence-electron chi connectivity index (χ2n) is 5.14. The van der Waals surface area contributed by atoms with Gasteiger partial charge in [-0.05, 0) is 25.3 Å². The molecule has 0 radical (unpaired) electrons. The molecule has 0 saturated carbocycles. The summed E-state index contributed by atoms with van der Waals surface area (Å²) in [5.74, 6) is 0. The molecule has 1 aromatic heterocycles. The molecule has 1 atom stereocenters. The lowest BCUT2D eigenvalue weighted by Crippen LogP contribution is -2.48. The van der Waals surface area contributed by atoms with Crippen LogP contribution in [-0.2, 0) is 9.47 Å². The fraction of sp³-hybridized carbons (Fsp3) is 0.769. The summed E-state index contributed by atoms with van der Waals surface area (Å²) in [7, 11) is 0. The zero-order chi connectivity index (χ0) is 12.4. The van der Waals surface area contributed by atoms with E-state index in [2.05, 4.69) is 22.0 Å². The van der Waals surface area contributed by atoms with Gasteiger partial charge in [-0.3, -0.25) is 10.00 Å². The van der Waals surface area contributed by atoms with Gasteiger partial charge < -0.3 is 9.47 Å². The van der Waals surface area contributed by atoms with E-state index in [0.717, 1.165) is 45.8 Å². The first-order valence-electron chi connectivity index (χ1n) is 6.77. The van der Waals surface area contributed by atoms with Gasteiger partial charge in [0, 0.05) is 25.8 Å². The summed E-state index contributed by atoms with van der Waals surface area (Å²) in [6.07, 6.45) is 4.15. The number of nitrogens with zero attached hydrogens (tertiary/aromatic N) is 2. The van der Waals surface area contributed by atoms with Crippen molar-refractivity contribution in [1.29, 1.82) is 0 Å². The van der Waals surface area contributed by atoms with Gasteiger partial charge in [-0.2, -0.15) is 5.10 Å². The second kappa shape index (κ2) is 5.38. The lowest BCUT2D eigenvalue weighted by atomic mass is 10.0. The van der Waals surface area contributed by atoms with E-state index >= 15 is 0 Å². The van der Waals surface area contributed by atoms with Crippen LogP contribution in [0.25, 0.3) is 0 Å². The average molecular weight is 251 g/mol. The van der Waals surface area contributed by atoms with E-state index in [9.17, 15) is 0 Å². The Balaban J connectivity index is 1.79. The molecule has 0 aliphatic carbocycles. The van der Waals surface area contributed by atoms with Crippen molar-refractivity contribution in [3.8, 4) is 0 Å². The van der Waals surface area contributed by atoms with Crippen LogP contribution in [0.15, 0.2) is 6.20 Å². The standard InChI is InChI=1S/C13H21N3O2/c1-10-8-14-15-13(10)12-9-18-7-4-16(12)11-2-5-17-6-3-11/h8,11-12H,2-7,9H2,1H3,(H,14,15)/t12-/m0/s1. The number of hydrogen-bond acceptors (Lipinski definition) is 4. The Morgan fingerprint density at radius 2 is 2.11 bits per heavy atom. The number of ether oxygens (including phenoxy) is 2. The molecule has 3 rings (SSSR count). The normalized spacial score (nSPS) is 27.5. The highest BCUT2D eigenvalue weighted by atomic mass is 16.5. The first-order valence-corrected chi connectivity index (χ1v) is 6.77. The third kappa shape index (κ3) is 2.30. The topological polar surface area (TPSA) is 50.4 Å². The minimum atomic E-state index is 0.323. The van der Waals surface area contributed by atoms with Crippen LogP contribution < -0.4 is 0 Å². The van der Waals surface area contributed by atoms with E-state index in [0.29, 0.717) is 12.1 Å². The number of hydrogen-bond donors (Lipinski definition) is 1. The van der Waals surface area contributed by atoms with E-state index < -0.39 is 0 Å². The van der Waals surface area contributed by atoms with E-state index in [-0.39, 0.29) is 0 Å². The van der Waals surface area contributed by atoms with Crippen LogP contribution in [-0.4, -0.2) is 54.1 Å². The molecule has 0 spiro atoms. The molecule has 5 nitrogen and oxygen atoms in total. The molecule has 2 aliphatic rings. The number of aryl methyl sites for hydroxylation is 1. The van der Waals surface area contributed by atoms with Crippen molar-refractivity contribution in [2.45, 2.75) is 31.8 Å². The third-order valence-corrected chi connectivity index (χ3v) is 4.03. The first kappa shape index (κ1) is 12.1. The lowest BCUT2D eigenvalue weighted by molar-refractivity contribution is -0.0580. The van der Waals surface area contributed by atoms with Crippen molar-refractivity contribution in [3.63, 3.8) is 0 Å². The van der Waals surface area contributed by atoms with Gasteiger partial charge in [0.1, 0.15) is 0 Å². The molecule has 2 saturated heterocycles. The van der Waals surface area contributed by atoms with E-state index in [1.165, 1.54) is 11.3 Å². The Morgan fingerprint density at radius 3 is 2.83 bits per heavy atom. The van der Waals surface area contributed by atoms with Crippen LogP contribution >= 0.6 is 0 Å². The molecule has 0 unspecified atom stereocenters. The largest absolute Gasteiger partial charge is 0.381 e. The summed E-state index contributed by atoms with van der Waals surface area (Å²) in [6, 6.07) is 0.944. The van der Waals surface area contributed by atoms with Gasteiger partial charge in [0.05, 0.1) is 31.1 Å². The number of aromatic amines is 1. The first-order chi connectivity index (χ1) is 8.86. The van der Waals surface area contributed by atoms with E-state index in [1.54, 1.807) is 0 Å². The van der Waals surface area contributed by atoms with Crippen LogP contribution in [0.2, 0.25) is 0 Å². The van der Waals surface area contributed by atoms with Crippen LogP contribution in [0.4, 0.5) is 0 Å². The number of aromatic nitrogens is 2. The van der Waals surface area contributed by atoms with Crippen molar-refractivity contribution in [2.24, 2.45) is 0 Å². The molecule has 5 heteroatoms. The van der Waals surface area contributed by atoms with Crippen molar-refractivity contribution in [3.05, 3.63) is 17.5 Å². The molecule has 2 fully saturated rings. The van der Waals surface area contributed by atoms with Crippen molar-refractivity contribution in [1.82, 2.24) is 15.1 Å². The minimum Gasteiger partial charge on any atom is -0.381 e.